The van der Waals surface area contributed by atoms with Crippen molar-refractivity contribution in [3.05, 3.63) is 36.0 Å². The summed E-state index contributed by atoms with van der Waals surface area (Å²) in [5.74, 6) is -0.0165. The third kappa shape index (κ3) is 4.06. The Balaban J connectivity index is 2.25. The highest BCUT2D eigenvalue weighted by molar-refractivity contribution is 6.04. The second kappa shape index (κ2) is 6.26. The fraction of sp³-hybridized carbons (Fsp3) is 0.526. The average Bonchev–Trinajstić information content (AvgIpc) is 2.45. The number of nitrogens with one attached hydrogen (secondary N) is 2. The molecule has 0 bridgehead atoms. The fourth-order valence-electron chi connectivity index (χ4n) is 2.78. The molecule has 2 rings (SSSR count). The number of nitrogens with zero attached hydrogens (tertiary/aromatic N) is 1. The van der Waals surface area contributed by atoms with Crippen LogP contribution < -0.4 is 10.6 Å². The van der Waals surface area contributed by atoms with E-state index in [9.17, 15) is 4.79 Å². The first-order valence-electron chi connectivity index (χ1n) is 8.22. The van der Waals surface area contributed by atoms with E-state index in [0.29, 0.717) is 0 Å². The zero-order valence-electron chi connectivity index (χ0n) is 15.2. The predicted molar refractivity (Wildman–Crippen MR) is 97.6 cm³/mol. The molecule has 0 spiro atoms. The molecule has 1 amide bonds. The van der Waals surface area contributed by atoms with Crippen LogP contribution in [0.3, 0.4) is 0 Å². The molecule has 1 aromatic carbocycles. The molecule has 0 radical (unpaired) electrons. The smallest absolute Gasteiger partial charge is 0.253 e. The zero-order chi connectivity index (χ0) is 17.3. The lowest BCUT2D eigenvalue weighted by Crippen LogP contribution is -2.44. The van der Waals surface area contributed by atoms with E-state index in [0.717, 1.165) is 29.9 Å². The van der Waals surface area contributed by atoms with Gasteiger partial charge in [0.25, 0.3) is 5.91 Å². The van der Waals surface area contributed by atoms with Gasteiger partial charge in [-0.1, -0.05) is 19.9 Å². The van der Waals surface area contributed by atoms with Crippen LogP contribution in [0.4, 0.5) is 11.4 Å². The molecule has 1 aromatic rings. The molecule has 1 aliphatic rings. The van der Waals surface area contributed by atoms with Gasteiger partial charge in [0.05, 0.1) is 0 Å². The van der Waals surface area contributed by atoms with Gasteiger partial charge in [0.1, 0.15) is 0 Å². The Bertz CT molecular complexity index is 611. The SMILES string of the molecule is CNc1cccc(NC(=O)C2=CN(C(C)(C)C)CCC2(C)C)c1. The van der Waals surface area contributed by atoms with Crippen molar-refractivity contribution in [3.8, 4) is 0 Å². The highest BCUT2D eigenvalue weighted by Gasteiger charge is 2.35. The lowest BCUT2D eigenvalue weighted by molar-refractivity contribution is -0.114. The largest absolute Gasteiger partial charge is 0.388 e. The minimum Gasteiger partial charge on any atom is -0.388 e. The van der Waals surface area contributed by atoms with Crippen molar-refractivity contribution >= 4 is 17.3 Å². The van der Waals surface area contributed by atoms with Crippen LogP contribution in [0.25, 0.3) is 0 Å². The molecule has 0 saturated heterocycles. The monoisotopic (exact) mass is 315 g/mol. The third-order valence-corrected chi connectivity index (χ3v) is 4.51. The van der Waals surface area contributed by atoms with Crippen LogP contribution in [0, 0.1) is 5.41 Å². The third-order valence-electron chi connectivity index (χ3n) is 4.51. The minimum absolute atomic E-state index is 0.0165. The van der Waals surface area contributed by atoms with Crippen LogP contribution >= 0.6 is 0 Å². The van der Waals surface area contributed by atoms with Gasteiger partial charge in [0.2, 0.25) is 0 Å². The average molecular weight is 315 g/mol. The highest BCUT2D eigenvalue weighted by atomic mass is 16.1. The molecule has 0 saturated carbocycles. The first kappa shape index (κ1) is 17.4. The Labute approximate surface area is 140 Å². The molecule has 23 heavy (non-hydrogen) atoms. The van der Waals surface area contributed by atoms with E-state index < -0.39 is 0 Å². The second-order valence-electron chi connectivity index (χ2n) is 7.83. The number of hydrogen-bond donors (Lipinski definition) is 2. The van der Waals surface area contributed by atoms with Gasteiger partial charge in [0.15, 0.2) is 0 Å². The predicted octanol–water partition coefficient (Wildman–Crippen LogP) is 4.08. The molecule has 4 nitrogen and oxygen atoms in total. The Morgan fingerprint density at radius 3 is 2.48 bits per heavy atom. The summed E-state index contributed by atoms with van der Waals surface area (Å²) in [6, 6.07) is 7.76. The highest BCUT2D eigenvalue weighted by Crippen LogP contribution is 2.37. The maximum atomic E-state index is 12.8. The van der Waals surface area contributed by atoms with Gasteiger partial charge < -0.3 is 15.5 Å². The standard InChI is InChI=1S/C19H29N3O/c1-18(2,3)22-11-10-19(4,5)16(13-22)17(23)21-15-9-7-8-14(12-15)20-6/h7-9,12-13,20H,10-11H2,1-6H3,(H,21,23). The molecule has 4 heteroatoms. The molecule has 1 aliphatic heterocycles. The molecular weight excluding hydrogens is 286 g/mol. The number of rotatable bonds is 3. The van der Waals surface area contributed by atoms with E-state index in [4.69, 9.17) is 0 Å². The Kier molecular flexibility index (Phi) is 4.73. The first-order chi connectivity index (χ1) is 10.6. The van der Waals surface area contributed by atoms with Crippen molar-refractivity contribution in [2.75, 3.05) is 24.2 Å². The van der Waals surface area contributed by atoms with Crippen molar-refractivity contribution < 1.29 is 4.79 Å². The minimum atomic E-state index is -0.119. The molecule has 126 valence electrons. The maximum Gasteiger partial charge on any atom is 0.253 e. The van der Waals surface area contributed by atoms with Crippen molar-refractivity contribution in [2.45, 2.75) is 46.6 Å². The van der Waals surface area contributed by atoms with Gasteiger partial charge in [-0.05, 0) is 50.8 Å². The van der Waals surface area contributed by atoms with Crippen LogP contribution in [0.15, 0.2) is 36.0 Å². The van der Waals surface area contributed by atoms with Crippen LogP contribution in [0.5, 0.6) is 0 Å². The molecule has 1 heterocycles. The first-order valence-corrected chi connectivity index (χ1v) is 8.22. The molecule has 2 N–H and O–H groups in total. The van der Waals surface area contributed by atoms with E-state index in [-0.39, 0.29) is 16.9 Å². The lowest BCUT2D eigenvalue weighted by Gasteiger charge is -2.43. The zero-order valence-corrected chi connectivity index (χ0v) is 15.2. The summed E-state index contributed by atoms with van der Waals surface area (Å²) < 4.78 is 0. The lowest BCUT2D eigenvalue weighted by atomic mass is 9.78. The summed E-state index contributed by atoms with van der Waals surface area (Å²) in [4.78, 5) is 15.1. The summed E-state index contributed by atoms with van der Waals surface area (Å²) in [5.41, 5.74) is 2.54. The van der Waals surface area contributed by atoms with Gasteiger partial charge >= 0.3 is 0 Å². The number of hydrogen-bond acceptors (Lipinski definition) is 3. The van der Waals surface area contributed by atoms with Gasteiger partial charge in [-0.15, -0.1) is 0 Å². The number of amides is 1. The van der Waals surface area contributed by atoms with Gasteiger partial charge in [-0.2, -0.15) is 0 Å². The van der Waals surface area contributed by atoms with Gasteiger partial charge in [-0.3, -0.25) is 4.79 Å². The van der Waals surface area contributed by atoms with Crippen molar-refractivity contribution in [2.24, 2.45) is 5.41 Å². The number of benzene rings is 1. The van der Waals surface area contributed by atoms with Crippen molar-refractivity contribution in [1.82, 2.24) is 4.90 Å². The van der Waals surface area contributed by atoms with Crippen LogP contribution in [0.1, 0.15) is 41.0 Å². The summed E-state index contributed by atoms with van der Waals surface area (Å²) in [6.45, 7) is 11.8. The van der Waals surface area contributed by atoms with Crippen LogP contribution in [0.2, 0.25) is 0 Å². The van der Waals surface area contributed by atoms with Crippen molar-refractivity contribution in [3.63, 3.8) is 0 Å². The molecule has 0 aliphatic carbocycles. The van der Waals surface area contributed by atoms with Gasteiger partial charge in [-0.25, -0.2) is 0 Å². The van der Waals surface area contributed by atoms with Crippen LogP contribution in [-0.4, -0.2) is 29.9 Å². The van der Waals surface area contributed by atoms with E-state index in [1.807, 2.05) is 37.5 Å². The quantitative estimate of drug-likeness (QED) is 0.883. The van der Waals surface area contributed by atoms with Crippen LogP contribution in [-0.2, 0) is 4.79 Å². The molecular formula is C19H29N3O. The second-order valence-corrected chi connectivity index (χ2v) is 7.83. The normalized spacial score (nSPS) is 17.5. The van der Waals surface area contributed by atoms with E-state index >= 15 is 0 Å². The number of carbonyl (C=O) groups is 1. The molecule has 0 fully saturated rings. The maximum absolute atomic E-state index is 12.8. The number of anilines is 2. The van der Waals surface area contributed by atoms with E-state index in [1.165, 1.54) is 0 Å². The molecule has 0 aromatic heterocycles. The van der Waals surface area contributed by atoms with E-state index in [2.05, 4.69) is 50.2 Å². The van der Waals surface area contributed by atoms with Crippen molar-refractivity contribution in [1.29, 1.82) is 0 Å². The Morgan fingerprint density at radius 1 is 1.22 bits per heavy atom. The van der Waals surface area contributed by atoms with Gasteiger partial charge in [0, 0.05) is 42.3 Å². The fourth-order valence-corrected chi connectivity index (χ4v) is 2.78. The molecule has 0 unspecified atom stereocenters. The topological polar surface area (TPSA) is 44.4 Å². The number of carbonyl (C=O) groups excluding carboxylic acids is 1. The Morgan fingerprint density at radius 2 is 1.87 bits per heavy atom. The summed E-state index contributed by atoms with van der Waals surface area (Å²) >= 11 is 0. The van der Waals surface area contributed by atoms with E-state index in [1.54, 1.807) is 0 Å². The molecule has 0 atom stereocenters. The summed E-state index contributed by atoms with van der Waals surface area (Å²) in [6.07, 6.45) is 3.01. The Hall–Kier alpha value is -1.97. The summed E-state index contributed by atoms with van der Waals surface area (Å²) in [5, 5.41) is 6.13. The summed E-state index contributed by atoms with van der Waals surface area (Å²) in [7, 11) is 1.87.